The molecule has 0 saturated heterocycles. The van der Waals surface area contributed by atoms with Crippen LogP contribution in [0.2, 0.25) is 0 Å². The van der Waals surface area contributed by atoms with Crippen molar-refractivity contribution in [2.45, 2.75) is 6.61 Å². The van der Waals surface area contributed by atoms with E-state index >= 15 is 0 Å². The molecule has 1 nitrogen and oxygen atoms in total. The smallest absolute Gasteiger partial charge is 0.382 e. The minimum Gasteiger partial charge on any atom is -0.382 e. The summed E-state index contributed by atoms with van der Waals surface area (Å²) in [5, 5.41) is 0. The first-order chi connectivity index (χ1) is 5.74. The van der Waals surface area contributed by atoms with Gasteiger partial charge in [0.05, 0.1) is 0 Å². The van der Waals surface area contributed by atoms with E-state index in [1.165, 1.54) is 17.2 Å². The molecule has 0 aromatic rings. The quantitative estimate of drug-likeness (QED) is 0.594. The van der Waals surface area contributed by atoms with Crippen LogP contribution in [-0.4, -0.2) is 6.61 Å². The molecule has 3 heteroatoms. The Labute approximate surface area is 69.0 Å². The van der Waals surface area contributed by atoms with Crippen molar-refractivity contribution in [2.75, 3.05) is 0 Å². The van der Waals surface area contributed by atoms with Gasteiger partial charge in [-0.15, -0.1) is 0 Å². The molecule has 0 aliphatic heterocycles. The third-order valence-corrected chi connectivity index (χ3v) is 1.38. The van der Waals surface area contributed by atoms with E-state index in [2.05, 4.69) is 35.4 Å². The van der Waals surface area contributed by atoms with Crippen LogP contribution >= 0.6 is 0 Å². The number of terminal acetylenes is 1. The van der Waals surface area contributed by atoms with E-state index in [0.29, 0.717) is 0 Å². The van der Waals surface area contributed by atoms with Gasteiger partial charge in [-0.3, -0.25) is 0 Å². The van der Waals surface area contributed by atoms with Crippen LogP contribution in [-0.2, 0) is 4.74 Å². The van der Waals surface area contributed by atoms with Crippen molar-refractivity contribution >= 4 is 0 Å². The Morgan fingerprint density at radius 1 is 1.17 bits per heavy atom. The molecule has 0 spiro atoms. The minimum absolute atomic E-state index is 1.32. The fraction of sp³-hybridized carbons (Fsp3) is 0.111. The molecule has 0 aromatic heterocycles. The van der Waals surface area contributed by atoms with Gasteiger partial charge in [0.2, 0.25) is 0 Å². The Balaban J connectivity index is 0.000000120. The van der Waals surface area contributed by atoms with Gasteiger partial charge in [0.15, 0.2) is 0 Å². The summed E-state index contributed by atoms with van der Waals surface area (Å²) in [7, 11) is 0. The molecule has 0 N–H and O–H groups in total. The molecule has 2 aliphatic carbocycles. The van der Waals surface area contributed by atoms with Crippen LogP contribution in [0, 0.1) is 12.5 Å². The van der Waals surface area contributed by atoms with Crippen LogP contribution in [0.5, 0.6) is 0 Å². The number of hydrogen-bond acceptors (Lipinski definition) is 1. The van der Waals surface area contributed by atoms with Crippen LogP contribution < -0.4 is 0 Å². The van der Waals surface area contributed by atoms with Gasteiger partial charge >= 0.3 is 6.61 Å². The number of hydrogen-bond donors (Lipinski definition) is 0. The molecule has 0 fully saturated rings. The SMILES string of the molecule is C#COC(F)F.c1cc2ccc1-2. The maximum atomic E-state index is 10.7. The average Bonchev–Trinajstić information content (AvgIpc) is 1.98. The summed E-state index contributed by atoms with van der Waals surface area (Å²) in [6, 6.07) is 8.48. The first kappa shape index (κ1) is 8.54. The summed E-state index contributed by atoms with van der Waals surface area (Å²) in [5.74, 6) is 0. The maximum Gasteiger partial charge on any atom is 0.395 e. The number of alkyl halides is 2. The first-order valence-corrected chi connectivity index (χ1v) is 3.24. The fourth-order valence-electron chi connectivity index (χ4n) is 0.714. The minimum atomic E-state index is -2.84. The standard InChI is InChI=1S/C6H4.C3H2F2O/c1-2-6-4-3-5(1)6;1-2-6-3(4)5/h1-4H;1,3H. The number of halogens is 2. The van der Waals surface area contributed by atoms with Gasteiger partial charge in [0, 0.05) is 0 Å². The second-order valence-electron chi connectivity index (χ2n) is 2.07. The number of fused-ring (bicyclic) bond motifs is 1. The van der Waals surface area contributed by atoms with E-state index in [4.69, 9.17) is 0 Å². The Morgan fingerprint density at radius 2 is 1.58 bits per heavy atom. The molecular weight excluding hydrogens is 162 g/mol. The molecule has 0 atom stereocenters. The van der Waals surface area contributed by atoms with Gasteiger partial charge in [-0.1, -0.05) is 30.7 Å². The van der Waals surface area contributed by atoms with Crippen molar-refractivity contribution in [1.82, 2.24) is 0 Å². The van der Waals surface area contributed by atoms with E-state index in [9.17, 15) is 8.78 Å². The normalized spacial score (nSPS) is 9.50. The van der Waals surface area contributed by atoms with Crippen molar-refractivity contribution in [3.05, 3.63) is 24.3 Å². The summed E-state index contributed by atoms with van der Waals surface area (Å²) in [6.45, 7) is -2.84. The Kier molecular flexibility index (Phi) is 2.65. The van der Waals surface area contributed by atoms with Gasteiger partial charge in [0.1, 0.15) is 6.11 Å². The molecule has 0 saturated carbocycles. The second kappa shape index (κ2) is 3.72. The van der Waals surface area contributed by atoms with Crippen molar-refractivity contribution in [3.8, 4) is 23.7 Å². The van der Waals surface area contributed by atoms with E-state index < -0.39 is 6.61 Å². The predicted octanol–water partition coefficient (Wildman–Crippen LogP) is 2.48. The summed E-state index contributed by atoms with van der Waals surface area (Å²) < 4.78 is 24.6. The zero-order chi connectivity index (χ0) is 8.97. The van der Waals surface area contributed by atoms with E-state index in [1.807, 2.05) is 0 Å². The Morgan fingerprint density at radius 3 is 1.58 bits per heavy atom. The van der Waals surface area contributed by atoms with Crippen LogP contribution in [0.1, 0.15) is 0 Å². The predicted molar refractivity (Wildman–Crippen MR) is 41.4 cm³/mol. The van der Waals surface area contributed by atoms with E-state index in [1.54, 1.807) is 0 Å². The maximum absolute atomic E-state index is 10.7. The molecule has 12 heavy (non-hydrogen) atoms. The molecule has 0 heterocycles. The molecule has 2 aliphatic rings. The average molecular weight is 168 g/mol. The topological polar surface area (TPSA) is 9.23 Å². The molecule has 0 amide bonds. The number of benzene rings is 1. The van der Waals surface area contributed by atoms with Gasteiger partial charge in [0.25, 0.3) is 0 Å². The van der Waals surface area contributed by atoms with Gasteiger partial charge in [-0.05, 0) is 11.1 Å². The zero-order valence-electron chi connectivity index (χ0n) is 6.13. The highest BCUT2D eigenvalue weighted by Gasteiger charge is 2.03. The fourth-order valence-corrected chi connectivity index (χ4v) is 0.714. The lowest BCUT2D eigenvalue weighted by atomic mass is 9.95. The Hall–Kier alpha value is -1.56. The third kappa shape index (κ3) is 1.96. The highest BCUT2D eigenvalue weighted by atomic mass is 19.3. The van der Waals surface area contributed by atoms with Crippen molar-refractivity contribution in [1.29, 1.82) is 0 Å². The third-order valence-electron chi connectivity index (χ3n) is 1.38. The van der Waals surface area contributed by atoms with Crippen LogP contribution in [0.4, 0.5) is 8.78 Å². The molecule has 0 aromatic carbocycles. The lowest BCUT2D eigenvalue weighted by molar-refractivity contribution is -0.0718. The van der Waals surface area contributed by atoms with E-state index in [0.717, 1.165) is 0 Å². The van der Waals surface area contributed by atoms with Crippen LogP contribution in [0.3, 0.4) is 0 Å². The lowest BCUT2D eigenvalue weighted by Crippen LogP contribution is -1.88. The van der Waals surface area contributed by atoms with Gasteiger partial charge < -0.3 is 4.74 Å². The molecule has 0 radical (unpaired) electrons. The van der Waals surface area contributed by atoms with Crippen LogP contribution in [0.15, 0.2) is 24.3 Å². The molecule has 0 bridgehead atoms. The van der Waals surface area contributed by atoms with Gasteiger partial charge in [-0.25, -0.2) is 0 Å². The highest BCUT2D eigenvalue weighted by Crippen LogP contribution is 2.29. The molecular formula is C9H6F2O. The number of ether oxygens (including phenoxy) is 1. The second-order valence-corrected chi connectivity index (χ2v) is 2.07. The zero-order valence-corrected chi connectivity index (χ0v) is 6.13. The van der Waals surface area contributed by atoms with Crippen LogP contribution in [0.25, 0.3) is 11.1 Å². The highest BCUT2D eigenvalue weighted by molar-refractivity contribution is 5.75. The molecule has 62 valence electrons. The van der Waals surface area contributed by atoms with Gasteiger partial charge in [-0.2, -0.15) is 8.78 Å². The molecule has 2 rings (SSSR count). The monoisotopic (exact) mass is 168 g/mol. The van der Waals surface area contributed by atoms with Crippen molar-refractivity contribution in [3.63, 3.8) is 0 Å². The van der Waals surface area contributed by atoms with E-state index in [-0.39, 0.29) is 0 Å². The van der Waals surface area contributed by atoms with Crippen molar-refractivity contribution in [2.24, 2.45) is 0 Å². The summed E-state index contributed by atoms with van der Waals surface area (Å²) in [6.07, 6.45) is 5.59. The number of rotatable bonds is 1. The Bertz CT molecular complexity index is 263. The first-order valence-electron chi connectivity index (χ1n) is 3.24. The summed E-state index contributed by atoms with van der Waals surface area (Å²) >= 11 is 0. The lowest BCUT2D eigenvalue weighted by Gasteiger charge is -2.10. The molecule has 0 unspecified atom stereocenters. The summed E-state index contributed by atoms with van der Waals surface area (Å²) in [4.78, 5) is 0. The van der Waals surface area contributed by atoms with Crippen molar-refractivity contribution < 1.29 is 13.5 Å². The summed E-state index contributed by atoms with van der Waals surface area (Å²) in [5.41, 5.74) is 2.85. The largest absolute Gasteiger partial charge is 0.395 e.